The van der Waals surface area contributed by atoms with Crippen molar-refractivity contribution in [1.29, 1.82) is 0 Å². The molecule has 52 valence electrons. The van der Waals surface area contributed by atoms with Crippen molar-refractivity contribution in [2.45, 2.75) is 6.92 Å². The summed E-state index contributed by atoms with van der Waals surface area (Å²) in [7, 11) is 0. The van der Waals surface area contributed by atoms with Crippen LogP contribution < -0.4 is 0 Å². The van der Waals surface area contributed by atoms with Crippen LogP contribution in [-0.2, 0) is 0 Å². The maximum absolute atomic E-state index is 2.12. The fraction of sp³-hybridized carbons (Fsp3) is 0.111. The summed E-state index contributed by atoms with van der Waals surface area (Å²) in [6, 6.07) is 10.2. The van der Waals surface area contributed by atoms with Crippen LogP contribution in [-0.4, -0.2) is 0 Å². The Labute approximate surface area is 65.5 Å². The minimum absolute atomic E-state index is 1.29. The number of rotatable bonds is 0. The number of aryl methyl sites for hydroxylation is 1. The molecule has 0 spiro atoms. The van der Waals surface area contributed by atoms with Gasteiger partial charge in [-0.15, -0.1) is 0 Å². The summed E-state index contributed by atoms with van der Waals surface area (Å²) in [4.78, 5) is 0. The van der Waals surface area contributed by atoms with Gasteiger partial charge in [0.2, 0.25) is 0 Å². The van der Waals surface area contributed by atoms with Crippen LogP contribution in [0.3, 0.4) is 0 Å². The van der Waals surface area contributed by atoms with Crippen LogP contribution in [0.25, 0.3) is 0 Å². The maximum Gasteiger partial charge on any atom is -0.00644 e. The Hall–Kier alpha value is -0.820. The monoisotopic (exact) mass is 150 g/mol. The van der Waals surface area contributed by atoms with Gasteiger partial charge in [-0.05, 0) is 23.2 Å². The molecule has 0 N–H and O–H groups in total. The van der Waals surface area contributed by atoms with E-state index in [-0.39, 0.29) is 0 Å². The Bertz CT molecular complexity index is 212. The summed E-state index contributed by atoms with van der Waals surface area (Å²) >= 11 is 1.71. The molecule has 1 rings (SSSR count). The molecule has 1 heterocycles. The smallest absolute Gasteiger partial charge is 0.00644 e. The molecule has 1 aromatic heterocycles. The minimum atomic E-state index is 1.29. The standard InChI is InChI=1S/C9H10S/c1-9-6-4-2-3-5-7-10-8-9/h2-8H,1H3. The summed E-state index contributed by atoms with van der Waals surface area (Å²) in [6.45, 7) is 2.09. The second-order valence-electron chi connectivity index (χ2n) is 2.07. The molecular weight excluding hydrogens is 140 g/mol. The normalized spacial score (nSPS) is 8.50. The zero-order valence-electron chi connectivity index (χ0n) is 5.95. The molecule has 0 amide bonds. The van der Waals surface area contributed by atoms with E-state index in [0.29, 0.717) is 0 Å². The van der Waals surface area contributed by atoms with Crippen molar-refractivity contribution in [2.24, 2.45) is 0 Å². The van der Waals surface area contributed by atoms with Gasteiger partial charge in [-0.2, -0.15) is 11.3 Å². The van der Waals surface area contributed by atoms with Crippen molar-refractivity contribution >= 4 is 11.3 Å². The van der Waals surface area contributed by atoms with Crippen molar-refractivity contribution in [3.63, 3.8) is 0 Å². The Balaban J connectivity index is 3.13. The second-order valence-corrected chi connectivity index (χ2v) is 2.85. The van der Waals surface area contributed by atoms with Crippen molar-refractivity contribution in [3.8, 4) is 0 Å². The number of hydrogen-bond acceptors (Lipinski definition) is 1. The van der Waals surface area contributed by atoms with Crippen LogP contribution in [0.5, 0.6) is 0 Å². The quantitative estimate of drug-likeness (QED) is 0.533. The SMILES string of the molecule is Cc1ccccccsc1. The van der Waals surface area contributed by atoms with Gasteiger partial charge in [0.05, 0.1) is 0 Å². The summed E-state index contributed by atoms with van der Waals surface area (Å²) in [5.41, 5.74) is 1.29. The average Bonchev–Trinajstić information content (AvgIpc) is 2.02. The molecule has 0 nitrogen and oxygen atoms in total. The third kappa shape index (κ3) is 2.65. The van der Waals surface area contributed by atoms with Gasteiger partial charge in [-0.1, -0.05) is 30.3 Å². The van der Waals surface area contributed by atoms with Crippen LogP contribution in [0.2, 0.25) is 0 Å². The van der Waals surface area contributed by atoms with E-state index in [1.54, 1.807) is 11.3 Å². The first-order valence-electron chi connectivity index (χ1n) is 3.22. The number of hydrogen-bond donors (Lipinski definition) is 0. The molecule has 0 aliphatic heterocycles. The highest BCUT2D eigenvalue weighted by atomic mass is 32.1. The van der Waals surface area contributed by atoms with Gasteiger partial charge in [0.1, 0.15) is 0 Å². The lowest BCUT2D eigenvalue weighted by atomic mass is 10.4. The Morgan fingerprint density at radius 2 is 1.90 bits per heavy atom. The molecule has 1 aromatic rings. The summed E-state index contributed by atoms with van der Waals surface area (Å²) in [5.74, 6) is 0. The minimum Gasteiger partial charge on any atom is -0.152 e. The predicted molar refractivity (Wildman–Crippen MR) is 46.7 cm³/mol. The van der Waals surface area contributed by atoms with Crippen molar-refractivity contribution in [1.82, 2.24) is 0 Å². The molecule has 0 fully saturated rings. The Morgan fingerprint density at radius 1 is 1.10 bits per heavy atom. The van der Waals surface area contributed by atoms with Gasteiger partial charge in [-0.3, -0.25) is 0 Å². The van der Waals surface area contributed by atoms with E-state index < -0.39 is 0 Å². The highest BCUT2D eigenvalue weighted by Crippen LogP contribution is 1.96. The fourth-order valence-corrected chi connectivity index (χ4v) is 1.17. The summed E-state index contributed by atoms with van der Waals surface area (Å²) in [6.07, 6.45) is 0. The van der Waals surface area contributed by atoms with Gasteiger partial charge >= 0.3 is 0 Å². The maximum atomic E-state index is 2.12. The van der Waals surface area contributed by atoms with Crippen molar-refractivity contribution < 1.29 is 0 Å². The first kappa shape index (κ1) is 7.29. The van der Waals surface area contributed by atoms with E-state index in [4.69, 9.17) is 0 Å². The predicted octanol–water partition coefficient (Wildman–Crippen LogP) is 3.18. The molecule has 0 atom stereocenters. The molecule has 0 unspecified atom stereocenters. The van der Waals surface area contributed by atoms with Gasteiger partial charge in [-0.25, -0.2) is 0 Å². The van der Waals surface area contributed by atoms with E-state index in [2.05, 4.69) is 23.8 Å². The molecule has 0 aromatic carbocycles. The van der Waals surface area contributed by atoms with E-state index in [1.807, 2.05) is 24.3 Å². The van der Waals surface area contributed by atoms with Gasteiger partial charge < -0.3 is 0 Å². The lowest BCUT2D eigenvalue weighted by Gasteiger charge is -1.76. The third-order valence-corrected chi connectivity index (χ3v) is 1.93. The molecule has 0 saturated carbocycles. The second kappa shape index (κ2) is 4.07. The fourth-order valence-electron chi connectivity index (χ4n) is 0.612. The van der Waals surface area contributed by atoms with Crippen LogP contribution in [0.4, 0.5) is 0 Å². The highest BCUT2D eigenvalue weighted by Gasteiger charge is 1.70. The Morgan fingerprint density at radius 3 is 2.80 bits per heavy atom. The van der Waals surface area contributed by atoms with Gasteiger partial charge in [0.15, 0.2) is 0 Å². The highest BCUT2D eigenvalue weighted by molar-refractivity contribution is 7.07. The summed E-state index contributed by atoms with van der Waals surface area (Å²) < 4.78 is 0. The lowest BCUT2D eigenvalue weighted by molar-refractivity contribution is 1.53. The van der Waals surface area contributed by atoms with Crippen LogP contribution >= 0.6 is 11.3 Å². The molecule has 0 bridgehead atoms. The Kier molecular flexibility index (Phi) is 2.97. The van der Waals surface area contributed by atoms with Crippen molar-refractivity contribution in [2.75, 3.05) is 0 Å². The topological polar surface area (TPSA) is 0 Å². The zero-order valence-corrected chi connectivity index (χ0v) is 6.77. The molecule has 0 saturated heterocycles. The first-order valence-corrected chi connectivity index (χ1v) is 4.16. The average molecular weight is 150 g/mol. The van der Waals surface area contributed by atoms with Crippen LogP contribution in [0, 0.1) is 6.92 Å². The lowest BCUT2D eigenvalue weighted by Crippen LogP contribution is -1.55. The van der Waals surface area contributed by atoms with E-state index >= 15 is 0 Å². The molecule has 10 heavy (non-hydrogen) atoms. The summed E-state index contributed by atoms with van der Waals surface area (Å²) in [5, 5.41) is 4.19. The zero-order chi connectivity index (χ0) is 7.23. The first-order chi connectivity index (χ1) is 4.89. The van der Waals surface area contributed by atoms with E-state index in [1.165, 1.54) is 5.56 Å². The van der Waals surface area contributed by atoms with E-state index in [0.717, 1.165) is 0 Å². The van der Waals surface area contributed by atoms with Gasteiger partial charge in [0, 0.05) is 0 Å². The van der Waals surface area contributed by atoms with Crippen LogP contribution in [0.1, 0.15) is 5.56 Å². The molecule has 0 aliphatic carbocycles. The molecular formula is C9H10S. The van der Waals surface area contributed by atoms with E-state index in [9.17, 15) is 0 Å². The largest absolute Gasteiger partial charge is 0.152 e. The third-order valence-electron chi connectivity index (χ3n) is 1.10. The van der Waals surface area contributed by atoms with Gasteiger partial charge in [0.25, 0.3) is 0 Å². The molecule has 0 radical (unpaired) electrons. The molecule has 0 aliphatic rings. The molecule has 1 heteroatoms. The van der Waals surface area contributed by atoms with Crippen LogP contribution in [0.15, 0.2) is 41.1 Å². The van der Waals surface area contributed by atoms with Crippen molar-refractivity contribution in [3.05, 3.63) is 46.7 Å².